The van der Waals surface area contributed by atoms with Gasteiger partial charge in [0.15, 0.2) is 11.6 Å². The third-order valence-electron chi connectivity index (χ3n) is 4.35. The van der Waals surface area contributed by atoms with Crippen molar-refractivity contribution in [3.63, 3.8) is 0 Å². The second-order valence-electron chi connectivity index (χ2n) is 5.91. The fraction of sp³-hybridized carbons (Fsp3) is 0.105. The minimum Gasteiger partial charge on any atom is -0.463 e. The van der Waals surface area contributed by atoms with E-state index in [-0.39, 0.29) is 0 Å². The lowest BCUT2D eigenvalue weighted by Crippen LogP contribution is -1.96. The van der Waals surface area contributed by atoms with Crippen molar-refractivity contribution in [2.24, 2.45) is 0 Å². The van der Waals surface area contributed by atoms with Crippen LogP contribution in [-0.4, -0.2) is 24.6 Å². The van der Waals surface area contributed by atoms with Crippen LogP contribution in [0.5, 0.6) is 0 Å². The zero-order valence-corrected chi connectivity index (χ0v) is 13.4. The van der Waals surface area contributed by atoms with Crippen LogP contribution >= 0.6 is 0 Å². The molecule has 0 bridgehead atoms. The highest BCUT2D eigenvalue weighted by atomic mass is 16.3. The van der Waals surface area contributed by atoms with Gasteiger partial charge in [0.1, 0.15) is 5.69 Å². The highest BCUT2D eigenvalue weighted by molar-refractivity contribution is 5.83. The van der Waals surface area contributed by atoms with Crippen LogP contribution in [0.4, 0.5) is 0 Å². The van der Waals surface area contributed by atoms with E-state index in [4.69, 9.17) is 4.42 Å². The van der Waals surface area contributed by atoms with Crippen LogP contribution < -0.4 is 0 Å². The zero-order valence-electron chi connectivity index (χ0n) is 13.4. The molecule has 6 heteroatoms. The molecule has 0 saturated carbocycles. The third kappa shape index (κ3) is 2.39. The number of hydrogen-bond donors (Lipinski definition) is 1. The molecule has 4 heterocycles. The van der Waals surface area contributed by atoms with E-state index in [1.54, 1.807) is 17.0 Å². The van der Waals surface area contributed by atoms with E-state index in [0.717, 1.165) is 35.6 Å². The van der Waals surface area contributed by atoms with E-state index < -0.39 is 0 Å². The summed E-state index contributed by atoms with van der Waals surface area (Å²) in [5, 5.41) is 5.87. The van der Waals surface area contributed by atoms with Crippen LogP contribution in [0, 0.1) is 0 Å². The van der Waals surface area contributed by atoms with Gasteiger partial charge in [-0.15, -0.1) is 5.10 Å². The first-order valence-electron chi connectivity index (χ1n) is 8.18. The fourth-order valence-electron chi connectivity index (χ4n) is 3.14. The number of para-hydroxylation sites is 1. The van der Waals surface area contributed by atoms with E-state index in [1.807, 2.05) is 24.3 Å². The fourth-order valence-corrected chi connectivity index (χ4v) is 3.14. The van der Waals surface area contributed by atoms with Crippen molar-refractivity contribution in [1.29, 1.82) is 0 Å². The molecular weight excluding hydrogens is 314 g/mol. The van der Waals surface area contributed by atoms with Gasteiger partial charge in [-0.2, -0.15) is 9.50 Å². The largest absolute Gasteiger partial charge is 0.463 e. The molecule has 5 aromatic rings. The molecule has 0 atom stereocenters. The van der Waals surface area contributed by atoms with E-state index in [9.17, 15) is 0 Å². The summed E-state index contributed by atoms with van der Waals surface area (Å²) in [4.78, 5) is 12.2. The molecule has 0 amide bonds. The maximum atomic E-state index is 5.48. The Kier molecular flexibility index (Phi) is 3.13. The van der Waals surface area contributed by atoms with Gasteiger partial charge >= 0.3 is 0 Å². The number of aromatic nitrogens is 5. The van der Waals surface area contributed by atoms with Gasteiger partial charge in [0, 0.05) is 29.7 Å². The molecule has 0 fully saturated rings. The van der Waals surface area contributed by atoms with Gasteiger partial charge in [0.05, 0.1) is 6.26 Å². The Morgan fingerprint density at radius 2 is 2.00 bits per heavy atom. The van der Waals surface area contributed by atoms with Gasteiger partial charge in [0.25, 0.3) is 5.78 Å². The average Bonchev–Trinajstić information content (AvgIpc) is 3.38. The van der Waals surface area contributed by atoms with Gasteiger partial charge in [-0.1, -0.05) is 18.2 Å². The summed E-state index contributed by atoms with van der Waals surface area (Å²) in [6.45, 7) is 0. The molecule has 0 unspecified atom stereocenters. The van der Waals surface area contributed by atoms with Gasteiger partial charge in [-0.25, -0.2) is 4.98 Å². The van der Waals surface area contributed by atoms with Crippen LogP contribution in [0.3, 0.4) is 0 Å². The zero-order chi connectivity index (χ0) is 16.6. The molecule has 0 aliphatic carbocycles. The number of furan rings is 1. The Morgan fingerprint density at radius 3 is 2.92 bits per heavy atom. The maximum absolute atomic E-state index is 5.48. The molecule has 0 saturated heterocycles. The summed E-state index contributed by atoms with van der Waals surface area (Å²) >= 11 is 0. The molecule has 0 aliphatic rings. The highest BCUT2D eigenvalue weighted by Gasteiger charge is 2.12. The predicted molar refractivity (Wildman–Crippen MR) is 94.2 cm³/mol. The van der Waals surface area contributed by atoms with Crippen molar-refractivity contribution in [3.8, 4) is 11.5 Å². The van der Waals surface area contributed by atoms with Crippen LogP contribution in [0.2, 0.25) is 0 Å². The molecule has 0 spiro atoms. The average molecular weight is 329 g/mol. The number of benzene rings is 1. The van der Waals surface area contributed by atoms with Crippen molar-refractivity contribution >= 4 is 16.7 Å². The number of hydrogen-bond acceptors (Lipinski definition) is 4. The van der Waals surface area contributed by atoms with Crippen LogP contribution in [-0.2, 0) is 12.8 Å². The Labute approximate surface area is 143 Å². The first-order valence-corrected chi connectivity index (χ1v) is 8.18. The van der Waals surface area contributed by atoms with Crippen molar-refractivity contribution in [2.45, 2.75) is 12.8 Å². The molecule has 25 heavy (non-hydrogen) atoms. The molecule has 122 valence electrons. The molecule has 6 nitrogen and oxygen atoms in total. The number of rotatable bonds is 4. The smallest absolute Gasteiger partial charge is 0.253 e. The number of aromatic amines is 1. The third-order valence-corrected chi connectivity index (χ3v) is 4.35. The normalized spacial score (nSPS) is 11.5. The topological polar surface area (TPSA) is 72.0 Å². The molecule has 5 rings (SSSR count). The van der Waals surface area contributed by atoms with Crippen molar-refractivity contribution < 1.29 is 4.42 Å². The highest BCUT2D eigenvalue weighted by Crippen LogP contribution is 2.21. The summed E-state index contributed by atoms with van der Waals surface area (Å²) in [5.41, 5.74) is 3.27. The Morgan fingerprint density at radius 1 is 1.04 bits per heavy atom. The summed E-state index contributed by atoms with van der Waals surface area (Å²) in [6.07, 6.45) is 7.06. The second-order valence-corrected chi connectivity index (χ2v) is 5.91. The SMILES string of the molecule is c1coc(-c2ccnc3nc(CCc4c[nH]c5ccccc45)nn23)c1. The number of H-pyrrole nitrogens is 1. The lowest BCUT2D eigenvalue weighted by Gasteiger charge is -1.98. The number of fused-ring (bicyclic) bond motifs is 2. The monoisotopic (exact) mass is 329 g/mol. The molecule has 1 N–H and O–H groups in total. The van der Waals surface area contributed by atoms with Crippen molar-refractivity contribution in [1.82, 2.24) is 24.6 Å². The maximum Gasteiger partial charge on any atom is 0.253 e. The lowest BCUT2D eigenvalue weighted by atomic mass is 10.1. The molecule has 0 radical (unpaired) electrons. The van der Waals surface area contributed by atoms with E-state index in [2.05, 4.69) is 44.4 Å². The molecule has 4 aromatic heterocycles. The number of aryl methyl sites for hydroxylation is 2. The summed E-state index contributed by atoms with van der Waals surface area (Å²) in [5.74, 6) is 2.11. The van der Waals surface area contributed by atoms with Gasteiger partial charge in [-0.05, 0) is 36.2 Å². The summed E-state index contributed by atoms with van der Waals surface area (Å²) in [7, 11) is 0. The quantitative estimate of drug-likeness (QED) is 0.546. The minimum absolute atomic E-state index is 0.586. The van der Waals surface area contributed by atoms with E-state index >= 15 is 0 Å². The van der Waals surface area contributed by atoms with Crippen LogP contribution in [0.1, 0.15) is 11.4 Å². The van der Waals surface area contributed by atoms with Crippen LogP contribution in [0.15, 0.2) is 65.5 Å². The second kappa shape index (κ2) is 5.59. The molecule has 1 aromatic carbocycles. The number of nitrogens with zero attached hydrogens (tertiary/aromatic N) is 4. The van der Waals surface area contributed by atoms with Crippen molar-refractivity contribution in [2.75, 3.05) is 0 Å². The Hall–Kier alpha value is -3.41. The van der Waals surface area contributed by atoms with Crippen molar-refractivity contribution in [3.05, 3.63) is 72.5 Å². The number of nitrogens with one attached hydrogen (secondary N) is 1. The van der Waals surface area contributed by atoms with Gasteiger partial charge in [0.2, 0.25) is 0 Å². The lowest BCUT2D eigenvalue weighted by molar-refractivity contribution is 0.577. The first-order chi connectivity index (χ1) is 12.4. The predicted octanol–water partition coefficient (Wildman–Crippen LogP) is 3.65. The minimum atomic E-state index is 0.586. The van der Waals surface area contributed by atoms with Gasteiger partial charge < -0.3 is 9.40 Å². The molecule has 0 aliphatic heterocycles. The first kappa shape index (κ1) is 14.0. The summed E-state index contributed by atoms with van der Waals surface area (Å²) < 4.78 is 7.22. The van der Waals surface area contributed by atoms with Gasteiger partial charge in [-0.3, -0.25) is 0 Å². The van der Waals surface area contributed by atoms with E-state index in [1.165, 1.54) is 10.9 Å². The van der Waals surface area contributed by atoms with Crippen LogP contribution in [0.25, 0.3) is 28.1 Å². The Bertz CT molecular complexity index is 1150. The van der Waals surface area contributed by atoms with E-state index in [0.29, 0.717) is 5.78 Å². The standard InChI is InChI=1S/C19H15N5O/c1-2-5-15-14(4-1)13(12-21-15)7-8-18-22-19-20-10-9-16(24(19)23-18)17-6-3-11-25-17/h1-6,9-12,21H,7-8H2. The summed E-state index contributed by atoms with van der Waals surface area (Å²) in [6, 6.07) is 14.0. The Balaban J connectivity index is 1.47. The molecular formula is C19H15N5O.